The van der Waals surface area contributed by atoms with Gasteiger partial charge in [-0.15, -0.1) is 0 Å². The van der Waals surface area contributed by atoms with Crippen molar-refractivity contribution in [3.05, 3.63) is 35.2 Å². The van der Waals surface area contributed by atoms with Gasteiger partial charge in [0.15, 0.2) is 0 Å². The van der Waals surface area contributed by atoms with Crippen molar-refractivity contribution in [1.29, 1.82) is 0 Å². The van der Waals surface area contributed by atoms with Gasteiger partial charge in [-0.3, -0.25) is 9.58 Å². The maximum absolute atomic E-state index is 5.59. The van der Waals surface area contributed by atoms with Crippen LogP contribution in [-0.2, 0) is 18.2 Å². The van der Waals surface area contributed by atoms with Crippen molar-refractivity contribution >= 4 is 0 Å². The van der Waals surface area contributed by atoms with E-state index in [0.29, 0.717) is 6.04 Å². The number of nitrogens with zero attached hydrogens (tertiary/aromatic N) is 4. The van der Waals surface area contributed by atoms with Crippen LogP contribution in [0.5, 0.6) is 0 Å². The molecule has 2 aromatic heterocycles. The Kier molecular flexibility index (Phi) is 4.31. The summed E-state index contributed by atoms with van der Waals surface area (Å²) in [5, 5.41) is 4.24. The van der Waals surface area contributed by atoms with Crippen LogP contribution < -0.4 is 0 Å². The number of ether oxygens (including phenoxy) is 1. The molecule has 0 spiro atoms. The molecule has 6 heteroatoms. The van der Waals surface area contributed by atoms with Gasteiger partial charge in [0.25, 0.3) is 0 Å². The summed E-state index contributed by atoms with van der Waals surface area (Å²) in [4.78, 5) is 10.6. The van der Waals surface area contributed by atoms with E-state index >= 15 is 0 Å². The number of nitrogens with one attached hydrogen (secondary N) is 1. The van der Waals surface area contributed by atoms with Crippen molar-refractivity contribution in [2.24, 2.45) is 7.05 Å². The van der Waals surface area contributed by atoms with Crippen LogP contribution in [-0.4, -0.2) is 51.0 Å². The number of hydrogen-bond donors (Lipinski definition) is 1. The Morgan fingerprint density at radius 3 is 2.82 bits per heavy atom. The second kappa shape index (κ2) is 6.22. The molecule has 1 fully saturated rings. The first-order valence-corrected chi connectivity index (χ1v) is 7.85. The van der Waals surface area contributed by atoms with Gasteiger partial charge in [0.1, 0.15) is 5.82 Å². The summed E-state index contributed by atoms with van der Waals surface area (Å²) < 4.78 is 7.53. The first-order chi connectivity index (χ1) is 10.6. The largest absolute Gasteiger partial charge is 0.380 e. The Hall–Kier alpha value is -1.66. The number of aromatic amines is 1. The number of hydrogen-bond acceptors (Lipinski definition) is 4. The second-order valence-electron chi connectivity index (χ2n) is 6.13. The Bertz CT molecular complexity index is 613. The zero-order valence-corrected chi connectivity index (χ0v) is 13.8. The van der Waals surface area contributed by atoms with Gasteiger partial charge in [-0.25, -0.2) is 4.98 Å². The van der Waals surface area contributed by atoms with Crippen LogP contribution in [0.25, 0.3) is 0 Å². The highest BCUT2D eigenvalue weighted by molar-refractivity contribution is 5.14. The van der Waals surface area contributed by atoms with Crippen LogP contribution in [0.3, 0.4) is 0 Å². The SMILES string of the molecule is CO[C@@H]1C[C@@H](c2nc(C)c(C)[nH]2)N(CCc2ccnn2C)C1. The average Bonchev–Trinajstić information content (AvgIpc) is 3.17. The number of likely N-dealkylation sites (tertiary alicyclic amines) is 1. The molecule has 0 radical (unpaired) electrons. The van der Waals surface area contributed by atoms with Crippen molar-refractivity contribution < 1.29 is 4.74 Å². The van der Waals surface area contributed by atoms with Gasteiger partial charge in [-0.2, -0.15) is 5.10 Å². The van der Waals surface area contributed by atoms with Gasteiger partial charge in [0.2, 0.25) is 0 Å². The smallest absolute Gasteiger partial charge is 0.124 e. The number of aryl methyl sites for hydroxylation is 3. The first-order valence-electron chi connectivity index (χ1n) is 7.85. The Morgan fingerprint density at radius 2 is 2.23 bits per heavy atom. The van der Waals surface area contributed by atoms with E-state index in [2.05, 4.69) is 34.9 Å². The molecule has 0 unspecified atom stereocenters. The summed E-state index contributed by atoms with van der Waals surface area (Å²) in [6, 6.07) is 2.39. The van der Waals surface area contributed by atoms with E-state index in [0.717, 1.165) is 43.1 Å². The van der Waals surface area contributed by atoms with Gasteiger partial charge in [-0.1, -0.05) is 0 Å². The summed E-state index contributed by atoms with van der Waals surface area (Å²) in [5.74, 6) is 1.07. The van der Waals surface area contributed by atoms with Gasteiger partial charge in [0, 0.05) is 51.3 Å². The lowest BCUT2D eigenvalue weighted by Gasteiger charge is -2.22. The van der Waals surface area contributed by atoms with Crippen molar-refractivity contribution in [2.45, 2.75) is 38.8 Å². The molecule has 3 heterocycles. The monoisotopic (exact) mass is 303 g/mol. The molecule has 0 bridgehead atoms. The number of aromatic nitrogens is 4. The molecule has 1 saturated heterocycles. The predicted octanol–water partition coefficient (Wildman–Crippen LogP) is 1.76. The maximum Gasteiger partial charge on any atom is 0.124 e. The topological polar surface area (TPSA) is 59.0 Å². The molecule has 22 heavy (non-hydrogen) atoms. The molecule has 1 aliphatic heterocycles. The van der Waals surface area contributed by atoms with Crippen LogP contribution >= 0.6 is 0 Å². The van der Waals surface area contributed by atoms with E-state index in [4.69, 9.17) is 9.72 Å². The Labute approximate surface area is 131 Å². The molecule has 2 aromatic rings. The third kappa shape index (κ3) is 2.94. The highest BCUT2D eigenvalue weighted by atomic mass is 16.5. The summed E-state index contributed by atoms with van der Waals surface area (Å²) >= 11 is 0. The van der Waals surface area contributed by atoms with Gasteiger partial charge in [-0.05, 0) is 26.3 Å². The van der Waals surface area contributed by atoms with Crippen LogP contribution in [0.1, 0.15) is 35.4 Å². The molecule has 3 rings (SSSR count). The van der Waals surface area contributed by atoms with E-state index < -0.39 is 0 Å². The minimum atomic E-state index is 0.280. The fourth-order valence-corrected chi connectivity index (χ4v) is 3.20. The number of methoxy groups -OCH3 is 1. The van der Waals surface area contributed by atoms with Crippen molar-refractivity contribution in [1.82, 2.24) is 24.6 Å². The molecule has 1 aliphatic rings. The highest BCUT2D eigenvalue weighted by Gasteiger charge is 2.34. The van der Waals surface area contributed by atoms with E-state index in [9.17, 15) is 0 Å². The molecule has 120 valence electrons. The summed E-state index contributed by atoms with van der Waals surface area (Å²) in [5.41, 5.74) is 3.50. The summed E-state index contributed by atoms with van der Waals surface area (Å²) in [7, 11) is 3.79. The lowest BCUT2D eigenvalue weighted by molar-refractivity contribution is 0.108. The zero-order chi connectivity index (χ0) is 15.7. The highest BCUT2D eigenvalue weighted by Crippen LogP contribution is 2.32. The molecule has 0 aliphatic carbocycles. The van der Waals surface area contributed by atoms with E-state index in [1.807, 2.05) is 17.9 Å². The van der Waals surface area contributed by atoms with E-state index in [1.165, 1.54) is 5.69 Å². The van der Waals surface area contributed by atoms with Crippen molar-refractivity contribution in [3.63, 3.8) is 0 Å². The molecular weight excluding hydrogens is 278 g/mol. The average molecular weight is 303 g/mol. The number of rotatable bonds is 5. The summed E-state index contributed by atoms with van der Waals surface area (Å²) in [6.45, 7) is 6.08. The van der Waals surface area contributed by atoms with Crippen LogP contribution in [0.2, 0.25) is 0 Å². The first kappa shape index (κ1) is 15.2. The Morgan fingerprint density at radius 1 is 1.41 bits per heavy atom. The molecule has 0 aromatic carbocycles. The van der Waals surface area contributed by atoms with Crippen LogP contribution in [0.4, 0.5) is 0 Å². The van der Waals surface area contributed by atoms with Gasteiger partial charge >= 0.3 is 0 Å². The molecular formula is C16H25N5O. The molecule has 6 nitrogen and oxygen atoms in total. The minimum Gasteiger partial charge on any atom is -0.380 e. The quantitative estimate of drug-likeness (QED) is 0.914. The normalized spacial score (nSPS) is 22.5. The fraction of sp³-hybridized carbons (Fsp3) is 0.625. The second-order valence-corrected chi connectivity index (χ2v) is 6.13. The lowest BCUT2D eigenvalue weighted by Crippen LogP contribution is -2.28. The number of H-pyrrole nitrogens is 1. The Balaban J connectivity index is 1.73. The predicted molar refractivity (Wildman–Crippen MR) is 84.7 cm³/mol. The third-order valence-corrected chi connectivity index (χ3v) is 4.74. The van der Waals surface area contributed by atoms with Crippen molar-refractivity contribution in [3.8, 4) is 0 Å². The third-order valence-electron chi connectivity index (χ3n) is 4.74. The molecule has 1 N–H and O–H groups in total. The van der Waals surface area contributed by atoms with Crippen LogP contribution in [0, 0.1) is 13.8 Å². The number of imidazole rings is 1. The molecule has 2 atom stereocenters. The van der Waals surface area contributed by atoms with Crippen LogP contribution in [0.15, 0.2) is 12.3 Å². The lowest BCUT2D eigenvalue weighted by atomic mass is 10.2. The minimum absolute atomic E-state index is 0.280. The zero-order valence-electron chi connectivity index (χ0n) is 13.8. The standard InChI is InChI=1S/C16H25N5O/c1-11-12(2)19-16(18-11)15-9-14(22-4)10-21(15)8-6-13-5-7-17-20(13)3/h5,7,14-15H,6,8-10H2,1-4H3,(H,18,19)/t14-,15+/m1/s1. The fourth-order valence-electron chi connectivity index (χ4n) is 3.20. The maximum atomic E-state index is 5.59. The van der Waals surface area contributed by atoms with E-state index in [-0.39, 0.29) is 6.10 Å². The van der Waals surface area contributed by atoms with Crippen molar-refractivity contribution in [2.75, 3.05) is 20.2 Å². The summed E-state index contributed by atoms with van der Waals surface area (Å²) in [6.07, 6.45) is 4.12. The van der Waals surface area contributed by atoms with Gasteiger partial charge in [0.05, 0.1) is 17.8 Å². The van der Waals surface area contributed by atoms with E-state index in [1.54, 1.807) is 7.11 Å². The van der Waals surface area contributed by atoms with Gasteiger partial charge < -0.3 is 9.72 Å². The molecule has 0 saturated carbocycles. The molecule has 0 amide bonds.